The average Bonchev–Trinajstić information content (AvgIpc) is 3.30. The van der Waals surface area contributed by atoms with Crippen molar-refractivity contribution in [2.75, 3.05) is 26.6 Å². The van der Waals surface area contributed by atoms with Gasteiger partial charge in [0.2, 0.25) is 6.79 Å². The van der Waals surface area contributed by atoms with Gasteiger partial charge in [0.15, 0.2) is 18.1 Å². The molecule has 3 aromatic rings. The molecule has 8 nitrogen and oxygen atoms in total. The quantitative estimate of drug-likeness (QED) is 0.487. The monoisotopic (exact) mass is 451 g/mol. The summed E-state index contributed by atoms with van der Waals surface area (Å²) < 4.78 is 27.3. The SMILES string of the molecule is Cc1ccc(Oc2ccc(OCC(=O)NCC(O)COc3ccc4c(c3)OCO4)cc2)cc1. The zero-order chi connectivity index (χ0) is 23.0. The first-order chi connectivity index (χ1) is 16.0. The number of fused-ring (bicyclic) bond motifs is 1. The van der Waals surface area contributed by atoms with Gasteiger partial charge in [-0.3, -0.25) is 4.79 Å². The average molecular weight is 451 g/mol. The second kappa shape index (κ2) is 10.6. The molecule has 8 heteroatoms. The molecule has 0 saturated heterocycles. The van der Waals surface area contributed by atoms with E-state index in [-0.39, 0.29) is 32.5 Å². The maximum absolute atomic E-state index is 12.0. The number of nitrogens with one attached hydrogen (secondary N) is 1. The van der Waals surface area contributed by atoms with Gasteiger partial charge in [0.25, 0.3) is 5.91 Å². The fourth-order valence-corrected chi connectivity index (χ4v) is 3.00. The molecular formula is C25H25NO7. The van der Waals surface area contributed by atoms with Crippen LogP contribution in [0.2, 0.25) is 0 Å². The van der Waals surface area contributed by atoms with Crippen LogP contribution in [0.1, 0.15) is 5.56 Å². The van der Waals surface area contributed by atoms with E-state index >= 15 is 0 Å². The van der Waals surface area contributed by atoms with Gasteiger partial charge in [0.05, 0.1) is 0 Å². The summed E-state index contributed by atoms with van der Waals surface area (Å²) in [6.45, 7) is 2.08. The van der Waals surface area contributed by atoms with E-state index in [1.54, 1.807) is 42.5 Å². The molecule has 1 aliphatic heterocycles. The van der Waals surface area contributed by atoms with E-state index in [1.165, 1.54) is 0 Å². The van der Waals surface area contributed by atoms with E-state index in [9.17, 15) is 9.90 Å². The predicted octanol–water partition coefficient (Wildman–Crippen LogP) is 3.45. The van der Waals surface area contributed by atoms with Crippen molar-refractivity contribution in [1.29, 1.82) is 0 Å². The van der Waals surface area contributed by atoms with Gasteiger partial charge >= 0.3 is 0 Å². The van der Waals surface area contributed by atoms with Crippen LogP contribution in [0.4, 0.5) is 0 Å². The molecule has 4 rings (SSSR count). The highest BCUT2D eigenvalue weighted by atomic mass is 16.7. The highest BCUT2D eigenvalue weighted by Crippen LogP contribution is 2.35. The summed E-state index contributed by atoms with van der Waals surface area (Å²) in [6, 6.07) is 19.9. The number of rotatable bonds is 10. The Labute approximate surface area is 191 Å². The van der Waals surface area contributed by atoms with Crippen molar-refractivity contribution in [3.8, 4) is 34.5 Å². The van der Waals surface area contributed by atoms with Gasteiger partial charge in [-0.25, -0.2) is 0 Å². The summed E-state index contributed by atoms with van der Waals surface area (Å²) in [7, 11) is 0. The van der Waals surface area contributed by atoms with Crippen LogP contribution in [0.15, 0.2) is 66.7 Å². The van der Waals surface area contributed by atoms with Crippen LogP contribution < -0.4 is 29.0 Å². The molecule has 33 heavy (non-hydrogen) atoms. The fraction of sp³-hybridized carbons (Fsp3) is 0.240. The van der Waals surface area contributed by atoms with E-state index in [1.807, 2.05) is 31.2 Å². The second-order valence-corrected chi connectivity index (χ2v) is 7.46. The van der Waals surface area contributed by atoms with E-state index in [4.69, 9.17) is 23.7 Å². The highest BCUT2D eigenvalue weighted by molar-refractivity contribution is 5.77. The molecule has 1 atom stereocenters. The lowest BCUT2D eigenvalue weighted by atomic mass is 10.2. The number of aliphatic hydroxyl groups excluding tert-OH is 1. The summed E-state index contributed by atoms with van der Waals surface area (Å²) in [5.74, 6) is 3.40. The van der Waals surface area contributed by atoms with Crippen LogP contribution in [0, 0.1) is 6.92 Å². The number of hydrogen-bond acceptors (Lipinski definition) is 7. The van der Waals surface area contributed by atoms with Crippen LogP contribution in [0.25, 0.3) is 0 Å². The van der Waals surface area contributed by atoms with Gasteiger partial charge in [0.1, 0.15) is 35.7 Å². The van der Waals surface area contributed by atoms with Crippen LogP contribution >= 0.6 is 0 Å². The first kappa shape index (κ1) is 22.3. The molecule has 172 valence electrons. The van der Waals surface area contributed by atoms with Crippen molar-refractivity contribution < 1.29 is 33.6 Å². The molecule has 0 saturated carbocycles. The van der Waals surface area contributed by atoms with Crippen LogP contribution in [-0.2, 0) is 4.79 Å². The Morgan fingerprint density at radius 3 is 2.30 bits per heavy atom. The van der Waals surface area contributed by atoms with Crippen molar-refractivity contribution in [2.24, 2.45) is 0 Å². The topological polar surface area (TPSA) is 95.5 Å². The zero-order valence-corrected chi connectivity index (χ0v) is 18.2. The lowest BCUT2D eigenvalue weighted by molar-refractivity contribution is -0.123. The van der Waals surface area contributed by atoms with Crippen LogP contribution in [0.5, 0.6) is 34.5 Å². The standard InChI is InChI=1S/C25H25NO7/c1-17-2-4-20(5-3-17)33-21-8-6-19(7-9-21)30-15-25(28)26-13-18(27)14-29-22-10-11-23-24(12-22)32-16-31-23/h2-12,18,27H,13-16H2,1H3,(H,26,28). The Morgan fingerprint density at radius 2 is 1.55 bits per heavy atom. The van der Waals surface area contributed by atoms with E-state index in [2.05, 4.69) is 5.32 Å². The summed E-state index contributed by atoms with van der Waals surface area (Å²) in [6.07, 6.45) is -0.877. The molecule has 1 heterocycles. The van der Waals surface area contributed by atoms with Crippen molar-refractivity contribution in [3.05, 3.63) is 72.3 Å². The Morgan fingerprint density at radius 1 is 0.909 bits per heavy atom. The third-order valence-corrected chi connectivity index (χ3v) is 4.77. The Balaban J connectivity index is 1.14. The van der Waals surface area contributed by atoms with E-state index in [0.717, 1.165) is 11.3 Å². The number of ether oxygens (including phenoxy) is 5. The molecule has 0 aliphatic carbocycles. The number of benzene rings is 3. The Hall–Kier alpha value is -3.91. The van der Waals surface area contributed by atoms with Gasteiger partial charge in [0, 0.05) is 12.6 Å². The van der Waals surface area contributed by atoms with Crippen molar-refractivity contribution in [3.63, 3.8) is 0 Å². The first-order valence-corrected chi connectivity index (χ1v) is 10.5. The number of amides is 1. The Bertz CT molecular complexity index is 1070. The van der Waals surface area contributed by atoms with Gasteiger partial charge in [-0.1, -0.05) is 17.7 Å². The van der Waals surface area contributed by atoms with E-state index in [0.29, 0.717) is 28.7 Å². The smallest absolute Gasteiger partial charge is 0.258 e. The molecule has 2 N–H and O–H groups in total. The number of aliphatic hydroxyl groups is 1. The molecule has 0 fully saturated rings. The molecule has 0 spiro atoms. The minimum Gasteiger partial charge on any atom is -0.491 e. The van der Waals surface area contributed by atoms with Crippen LogP contribution in [0.3, 0.4) is 0 Å². The van der Waals surface area contributed by atoms with Crippen molar-refractivity contribution in [1.82, 2.24) is 5.32 Å². The van der Waals surface area contributed by atoms with Crippen molar-refractivity contribution >= 4 is 5.91 Å². The molecule has 1 amide bonds. The van der Waals surface area contributed by atoms with Crippen molar-refractivity contribution in [2.45, 2.75) is 13.0 Å². The summed E-state index contributed by atoms with van der Waals surface area (Å²) in [5, 5.41) is 12.7. The number of carbonyl (C=O) groups is 1. The highest BCUT2D eigenvalue weighted by Gasteiger charge is 2.15. The van der Waals surface area contributed by atoms with Gasteiger partial charge in [-0.2, -0.15) is 0 Å². The zero-order valence-electron chi connectivity index (χ0n) is 18.2. The minimum atomic E-state index is -0.877. The number of carbonyl (C=O) groups excluding carboxylic acids is 1. The molecule has 1 unspecified atom stereocenters. The van der Waals surface area contributed by atoms with Gasteiger partial charge in [-0.15, -0.1) is 0 Å². The second-order valence-electron chi connectivity index (χ2n) is 7.46. The molecule has 0 aromatic heterocycles. The van der Waals surface area contributed by atoms with Gasteiger partial charge in [-0.05, 0) is 55.5 Å². The predicted molar refractivity (Wildman–Crippen MR) is 120 cm³/mol. The molecule has 1 aliphatic rings. The lowest BCUT2D eigenvalue weighted by Crippen LogP contribution is -2.37. The largest absolute Gasteiger partial charge is 0.491 e. The van der Waals surface area contributed by atoms with Gasteiger partial charge < -0.3 is 34.1 Å². The molecule has 3 aromatic carbocycles. The Kier molecular flexibility index (Phi) is 7.16. The lowest BCUT2D eigenvalue weighted by Gasteiger charge is -2.14. The normalized spacial score (nSPS) is 12.7. The maximum atomic E-state index is 12.0. The third kappa shape index (κ3) is 6.54. The first-order valence-electron chi connectivity index (χ1n) is 10.5. The summed E-state index contributed by atoms with van der Waals surface area (Å²) >= 11 is 0. The number of aryl methyl sites for hydroxylation is 1. The minimum absolute atomic E-state index is 0.0171. The fourth-order valence-electron chi connectivity index (χ4n) is 3.00. The summed E-state index contributed by atoms with van der Waals surface area (Å²) in [5.41, 5.74) is 1.16. The molecular weight excluding hydrogens is 426 g/mol. The van der Waals surface area contributed by atoms with E-state index < -0.39 is 6.10 Å². The molecule has 0 bridgehead atoms. The maximum Gasteiger partial charge on any atom is 0.258 e. The molecule has 0 radical (unpaired) electrons. The van der Waals surface area contributed by atoms with Crippen LogP contribution in [-0.4, -0.2) is 43.7 Å². The summed E-state index contributed by atoms with van der Waals surface area (Å²) in [4.78, 5) is 12.0. The third-order valence-electron chi connectivity index (χ3n) is 4.77. The number of hydrogen-bond donors (Lipinski definition) is 2.